The largest absolute Gasteiger partial charge is 0.363 e. The minimum atomic E-state index is -0.115. The Labute approximate surface area is 110 Å². The summed E-state index contributed by atoms with van der Waals surface area (Å²) in [4.78, 5) is 14.0. The van der Waals surface area contributed by atoms with E-state index in [1.165, 1.54) is 25.7 Å². The third-order valence-corrected chi connectivity index (χ3v) is 4.21. The van der Waals surface area contributed by atoms with Gasteiger partial charge in [0.1, 0.15) is 6.61 Å². The fourth-order valence-electron chi connectivity index (χ4n) is 2.79. The van der Waals surface area contributed by atoms with Crippen LogP contribution in [0.3, 0.4) is 0 Å². The third kappa shape index (κ3) is 3.45. The number of nitrogens with one attached hydrogen (secondary N) is 1. The van der Waals surface area contributed by atoms with E-state index in [-0.39, 0.29) is 18.1 Å². The van der Waals surface area contributed by atoms with E-state index in [1.807, 2.05) is 4.90 Å². The maximum absolute atomic E-state index is 12.0. The molecule has 0 spiro atoms. The van der Waals surface area contributed by atoms with E-state index in [0.29, 0.717) is 0 Å². The molecule has 2 aliphatic rings. The van der Waals surface area contributed by atoms with Gasteiger partial charge in [-0.1, -0.05) is 19.8 Å². The van der Waals surface area contributed by atoms with Crippen molar-refractivity contribution in [3.8, 4) is 0 Å². The van der Waals surface area contributed by atoms with Crippen LogP contribution in [-0.2, 0) is 9.53 Å². The molecule has 0 radical (unpaired) electrons. The first kappa shape index (κ1) is 13.8. The Morgan fingerprint density at radius 2 is 2.06 bits per heavy atom. The molecular formula is C14H26N2O2. The molecule has 1 amide bonds. The second kappa shape index (κ2) is 6.02. The molecule has 1 N–H and O–H groups in total. The highest BCUT2D eigenvalue weighted by Gasteiger charge is 2.33. The molecule has 2 rings (SSSR count). The van der Waals surface area contributed by atoms with Crippen LogP contribution in [0.4, 0.5) is 0 Å². The number of rotatable bonds is 5. The van der Waals surface area contributed by atoms with Gasteiger partial charge in [0.2, 0.25) is 5.91 Å². The lowest BCUT2D eigenvalue weighted by atomic mass is 9.92. The number of amides is 1. The van der Waals surface area contributed by atoms with Gasteiger partial charge in [-0.2, -0.15) is 0 Å². The Morgan fingerprint density at radius 1 is 1.39 bits per heavy atom. The Bertz CT molecular complexity index is 282. The standard InChI is InChI=1S/C14H26N2O2/c1-3-4-12-5-7-16(8-6-12)13(17)9-18-14(2)10-15-11-14/h12,15H,3-11H2,1-2H3. The molecule has 2 heterocycles. The van der Waals surface area contributed by atoms with Crippen molar-refractivity contribution in [1.29, 1.82) is 0 Å². The van der Waals surface area contributed by atoms with E-state index in [9.17, 15) is 4.79 Å². The number of hydrogen-bond donors (Lipinski definition) is 1. The smallest absolute Gasteiger partial charge is 0.248 e. The highest BCUT2D eigenvalue weighted by atomic mass is 16.5. The average molecular weight is 254 g/mol. The van der Waals surface area contributed by atoms with E-state index in [2.05, 4.69) is 19.2 Å². The van der Waals surface area contributed by atoms with Crippen LogP contribution in [0.1, 0.15) is 39.5 Å². The van der Waals surface area contributed by atoms with Crippen molar-refractivity contribution in [1.82, 2.24) is 10.2 Å². The van der Waals surface area contributed by atoms with E-state index < -0.39 is 0 Å². The predicted molar refractivity (Wildman–Crippen MR) is 71.4 cm³/mol. The van der Waals surface area contributed by atoms with E-state index in [4.69, 9.17) is 4.74 Å². The summed E-state index contributed by atoms with van der Waals surface area (Å²) < 4.78 is 5.70. The minimum Gasteiger partial charge on any atom is -0.363 e. The summed E-state index contributed by atoms with van der Waals surface area (Å²) in [6, 6.07) is 0. The summed E-state index contributed by atoms with van der Waals surface area (Å²) in [5.74, 6) is 0.992. The van der Waals surface area contributed by atoms with Crippen LogP contribution in [0, 0.1) is 5.92 Å². The van der Waals surface area contributed by atoms with Crippen molar-refractivity contribution < 1.29 is 9.53 Å². The molecule has 0 aromatic rings. The maximum Gasteiger partial charge on any atom is 0.248 e. The first-order valence-corrected chi connectivity index (χ1v) is 7.25. The van der Waals surface area contributed by atoms with Gasteiger partial charge in [0.05, 0.1) is 5.60 Å². The third-order valence-electron chi connectivity index (χ3n) is 4.21. The molecule has 2 saturated heterocycles. The molecule has 2 fully saturated rings. The summed E-state index contributed by atoms with van der Waals surface area (Å²) in [6.07, 6.45) is 4.89. The molecule has 0 saturated carbocycles. The summed E-state index contributed by atoms with van der Waals surface area (Å²) in [5, 5.41) is 3.17. The maximum atomic E-state index is 12.0. The number of piperidine rings is 1. The SMILES string of the molecule is CCCC1CCN(C(=O)COC2(C)CNC2)CC1. The molecule has 2 aliphatic heterocycles. The Balaban J connectivity index is 1.67. The van der Waals surface area contributed by atoms with Crippen molar-refractivity contribution >= 4 is 5.91 Å². The van der Waals surface area contributed by atoms with Gasteiger partial charge < -0.3 is 15.0 Å². The van der Waals surface area contributed by atoms with Crippen LogP contribution in [0.2, 0.25) is 0 Å². The number of carbonyl (C=O) groups is 1. The first-order chi connectivity index (χ1) is 8.63. The lowest BCUT2D eigenvalue weighted by molar-refractivity contribution is -0.147. The number of nitrogens with zero attached hydrogens (tertiary/aromatic N) is 1. The normalized spacial score (nSPS) is 23.8. The van der Waals surface area contributed by atoms with Gasteiger partial charge in [0.25, 0.3) is 0 Å². The van der Waals surface area contributed by atoms with Crippen LogP contribution < -0.4 is 5.32 Å². The van der Waals surface area contributed by atoms with E-state index in [0.717, 1.165) is 32.1 Å². The van der Waals surface area contributed by atoms with Gasteiger partial charge in [-0.05, 0) is 25.7 Å². The molecule has 104 valence electrons. The quantitative estimate of drug-likeness (QED) is 0.806. The lowest BCUT2D eigenvalue weighted by Crippen LogP contribution is -2.59. The Kier molecular flexibility index (Phi) is 4.62. The van der Waals surface area contributed by atoms with E-state index in [1.54, 1.807) is 0 Å². The summed E-state index contributed by atoms with van der Waals surface area (Å²) in [7, 11) is 0. The molecule has 0 unspecified atom stereocenters. The van der Waals surface area contributed by atoms with Gasteiger partial charge in [-0.3, -0.25) is 4.79 Å². The number of likely N-dealkylation sites (tertiary alicyclic amines) is 1. The van der Waals surface area contributed by atoms with Crippen LogP contribution in [0.5, 0.6) is 0 Å². The summed E-state index contributed by atoms with van der Waals surface area (Å²) >= 11 is 0. The molecule has 0 atom stereocenters. The van der Waals surface area contributed by atoms with Crippen molar-refractivity contribution in [2.24, 2.45) is 5.92 Å². The molecule has 0 aromatic carbocycles. The van der Waals surface area contributed by atoms with Gasteiger partial charge in [0.15, 0.2) is 0 Å². The fraction of sp³-hybridized carbons (Fsp3) is 0.929. The van der Waals surface area contributed by atoms with Gasteiger partial charge in [-0.25, -0.2) is 0 Å². The average Bonchev–Trinajstić information content (AvgIpc) is 2.35. The van der Waals surface area contributed by atoms with Crippen LogP contribution >= 0.6 is 0 Å². The lowest BCUT2D eigenvalue weighted by Gasteiger charge is -2.39. The Hall–Kier alpha value is -0.610. The highest BCUT2D eigenvalue weighted by Crippen LogP contribution is 2.22. The molecule has 0 aliphatic carbocycles. The monoisotopic (exact) mass is 254 g/mol. The number of hydrogen-bond acceptors (Lipinski definition) is 3. The molecule has 18 heavy (non-hydrogen) atoms. The first-order valence-electron chi connectivity index (χ1n) is 7.25. The van der Waals surface area contributed by atoms with Gasteiger partial charge in [0, 0.05) is 26.2 Å². The summed E-state index contributed by atoms with van der Waals surface area (Å²) in [6.45, 7) is 8.10. The minimum absolute atomic E-state index is 0.115. The molecule has 4 heteroatoms. The molecule has 4 nitrogen and oxygen atoms in total. The second-order valence-corrected chi connectivity index (χ2v) is 5.95. The zero-order valence-corrected chi connectivity index (χ0v) is 11.7. The molecule has 0 bridgehead atoms. The summed E-state index contributed by atoms with van der Waals surface area (Å²) in [5.41, 5.74) is -0.115. The van der Waals surface area contributed by atoms with Crippen molar-refractivity contribution in [2.45, 2.75) is 45.1 Å². The van der Waals surface area contributed by atoms with E-state index >= 15 is 0 Å². The fourth-order valence-corrected chi connectivity index (χ4v) is 2.79. The van der Waals surface area contributed by atoms with Gasteiger partial charge >= 0.3 is 0 Å². The second-order valence-electron chi connectivity index (χ2n) is 5.95. The molecular weight excluding hydrogens is 228 g/mol. The van der Waals surface area contributed by atoms with Crippen molar-refractivity contribution in [2.75, 3.05) is 32.8 Å². The van der Waals surface area contributed by atoms with Crippen LogP contribution in [0.25, 0.3) is 0 Å². The number of ether oxygens (including phenoxy) is 1. The van der Waals surface area contributed by atoms with Crippen LogP contribution in [-0.4, -0.2) is 49.2 Å². The van der Waals surface area contributed by atoms with Crippen molar-refractivity contribution in [3.05, 3.63) is 0 Å². The zero-order chi connectivity index (χ0) is 13.0. The van der Waals surface area contributed by atoms with Gasteiger partial charge in [-0.15, -0.1) is 0 Å². The molecule has 0 aromatic heterocycles. The topological polar surface area (TPSA) is 41.6 Å². The zero-order valence-electron chi connectivity index (χ0n) is 11.7. The van der Waals surface area contributed by atoms with Crippen LogP contribution in [0.15, 0.2) is 0 Å². The Morgan fingerprint density at radius 3 is 2.56 bits per heavy atom. The predicted octanol–water partition coefficient (Wildman–Crippen LogP) is 1.40. The van der Waals surface area contributed by atoms with Crippen molar-refractivity contribution in [3.63, 3.8) is 0 Å². The highest BCUT2D eigenvalue weighted by molar-refractivity contribution is 5.77. The number of carbonyl (C=O) groups excluding carboxylic acids is 1.